The molecule has 0 radical (unpaired) electrons. The van der Waals surface area contributed by atoms with Crippen LogP contribution in [0.3, 0.4) is 0 Å². The molecule has 12 heavy (non-hydrogen) atoms. The minimum absolute atomic E-state index is 0.735. The van der Waals surface area contributed by atoms with Crippen molar-refractivity contribution in [3.05, 3.63) is 12.2 Å². The number of hydrogen-bond acceptors (Lipinski definition) is 1. The van der Waals surface area contributed by atoms with E-state index in [9.17, 15) is 0 Å². The molecule has 0 aliphatic carbocycles. The molecule has 1 heteroatoms. The van der Waals surface area contributed by atoms with Crippen LogP contribution in [0.5, 0.6) is 0 Å². The lowest BCUT2D eigenvalue weighted by Crippen LogP contribution is -2.35. The maximum atomic E-state index is 5.21. The van der Waals surface area contributed by atoms with Crippen molar-refractivity contribution >= 4 is 0 Å². The molecule has 1 nitrogen and oxygen atoms in total. The Morgan fingerprint density at radius 1 is 1.42 bits per heavy atom. The summed E-state index contributed by atoms with van der Waals surface area (Å²) in [4.78, 5) is 0. The van der Waals surface area contributed by atoms with Crippen LogP contribution < -0.4 is 0 Å². The Kier molecular flexibility index (Phi) is 3.80. The zero-order valence-corrected chi connectivity index (χ0v) is 8.42. The quantitative estimate of drug-likeness (QED) is 0.586. The second-order valence-electron chi connectivity index (χ2n) is 3.96. The van der Waals surface area contributed by atoms with Gasteiger partial charge in [-0.25, -0.2) is 0 Å². The maximum Gasteiger partial charge on any atom is 0.0522 e. The zero-order chi connectivity index (χ0) is 8.97. The van der Waals surface area contributed by atoms with Gasteiger partial charge in [-0.1, -0.05) is 32.9 Å². The smallest absolute Gasteiger partial charge is 0.0522 e. The Labute approximate surface area is 75.8 Å². The Balaban J connectivity index is 2.42. The van der Waals surface area contributed by atoms with Crippen LogP contribution in [-0.4, -0.2) is 13.2 Å². The summed E-state index contributed by atoms with van der Waals surface area (Å²) in [6, 6.07) is 0. The van der Waals surface area contributed by atoms with E-state index in [4.69, 9.17) is 4.74 Å². The van der Waals surface area contributed by atoms with Gasteiger partial charge >= 0.3 is 0 Å². The van der Waals surface area contributed by atoms with E-state index in [1.165, 1.54) is 0 Å². The van der Waals surface area contributed by atoms with E-state index in [2.05, 4.69) is 32.9 Å². The van der Waals surface area contributed by atoms with Gasteiger partial charge in [0, 0.05) is 5.92 Å². The van der Waals surface area contributed by atoms with Gasteiger partial charge in [0.15, 0.2) is 0 Å². The number of allylic oxidation sites excluding steroid dienone is 2. The largest absolute Gasteiger partial charge is 0.381 e. The fraction of sp³-hybridized carbons (Fsp3) is 0.818. The first-order valence-corrected chi connectivity index (χ1v) is 5.00. The number of rotatable bonds is 4. The maximum absolute atomic E-state index is 5.21. The van der Waals surface area contributed by atoms with E-state index >= 15 is 0 Å². The van der Waals surface area contributed by atoms with Crippen LogP contribution in [0.15, 0.2) is 12.2 Å². The Bertz CT molecular complexity index is 145. The third kappa shape index (κ3) is 2.34. The topological polar surface area (TPSA) is 9.23 Å². The van der Waals surface area contributed by atoms with E-state index in [0.717, 1.165) is 37.4 Å². The Morgan fingerprint density at radius 2 is 2.08 bits per heavy atom. The molecule has 0 spiro atoms. The third-order valence-corrected chi connectivity index (χ3v) is 2.57. The molecule has 1 saturated heterocycles. The standard InChI is InChI=1S/C11H20O/c1-4-5-6-11(9(2)3)10-7-12-8-10/h5-6,9-11H,4,7-8H2,1-3H3. The number of hydrogen-bond donors (Lipinski definition) is 0. The predicted molar refractivity (Wildman–Crippen MR) is 52.1 cm³/mol. The lowest BCUT2D eigenvalue weighted by Gasteiger charge is -2.34. The summed E-state index contributed by atoms with van der Waals surface area (Å²) in [5, 5.41) is 0. The van der Waals surface area contributed by atoms with Gasteiger partial charge in [-0.05, 0) is 18.3 Å². The molecule has 0 amide bonds. The molecule has 0 bridgehead atoms. The van der Waals surface area contributed by atoms with Crippen molar-refractivity contribution in [1.29, 1.82) is 0 Å². The molecule has 0 aromatic heterocycles. The van der Waals surface area contributed by atoms with E-state index < -0.39 is 0 Å². The summed E-state index contributed by atoms with van der Waals surface area (Å²) in [6.45, 7) is 8.71. The van der Waals surface area contributed by atoms with E-state index in [0.29, 0.717) is 0 Å². The molecule has 1 unspecified atom stereocenters. The fourth-order valence-electron chi connectivity index (χ4n) is 1.69. The first-order chi connectivity index (χ1) is 5.75. The molecule has 1 heterocycles. The van der Waals surface area contributed by atoms with Crippen LogP contribution in [0.1, 0.15) is 27.2 Å². The molecular weight excluding hydrogens is 148 g/mol. The van der Waals surface area contributed by atoms with E-state index in [1.54, 1.807) is 0 Å². The molecule has 0 N–H and O–H groups in total. The predicted octanol–water partition coefficient (Wildman–Crippen LogP) is 2.87. The highest BCUT2D eigenvalue weighted by molar-refractivity contribution is 4.94. The van der Waals surface area contributed by atoms with Crippen LogP contribution in [0.4, 0.5) is 0 Å². The van der Waals surface area contributed by atoms with Crippen molar-refractivity contribution in [2.75, 3.05) is 13.2 Å². The van der Waals surface area contributed by atoms with E-state index in [1.807, 2.05) is 0 Å². The van der Waals surface area contributed by atoms with Crippen molar-refractivity contribution < 1.29 is 4.74 Å². The fourth-order valence-corrected chi connectivity index (χ4v) is 1.69. The van der Waals surface area contributed by atoms with Gasteiger partial charge < -0.3 is 4.74 Å². The van der Waals surface area contributed by atoms with Crippen LogP contribution in [-0.2, 0) is 4.74 Å². The summed E-state index contributed by atoms with van der Waals surface area (Å²) in [5.74, 6) is 2.27. The van der Waals surface area contributed by atoms with Crippen molar-refractivity contribution in [3.8, 4) is 0 Å². The molecule has 1 rings (SSSR count). The molecule has 0 aromatic rings. The molecule has 70 valence electrons. The van der Waals surface area contributed by atoms with Gasteiger partial charge in [0.05, 0.1) is 13.2 Å². The van der Waals surface area contributed by atoms with Gasteiger partial charge in [0.1, 0.15) is 0 Å². The van der Waals surface area contributed by atoms with Crippen molar-refractivity contribution in [3.63, 3.8) is 0 Å². The molecular formula is C11H20O. The third-order valence-electron chi connectivity index (χ3n) is 2.57. The summed E-state index contributed by atoms with van der Waals surface area (Å²) < 4.78 is 5.21. The summed E-state index contributed by atoms with van der Waals surface area (Å²) in [7, 11) is 0. The second-order valence-corrected chi connectivity index (χ2v) is 3.96. The molecule has 1 atom stereocenters. The first kappa shape index (κ1) is 9.79. The van der Waals surface area contributed by atoms with Crippen LogP contribution in [0.2, 0.25) is 0 Å². The summed E-state index contributed by atoms with van der Waals surface area (Å²) >= 11 is 0. The highest BCUT2D eigenvalue weighted by atomic mass is 16.5. The lowest BCUT2D eigenvalue weighted by atomic mass is 9.82. The molecule has 0 saturated carbocycles. The Hall–Kier alpha value is -0.300. The molecule has 1 aliphatic heterocycles. The van der Waals surface area contributed by atoms with Crippen molar-refractivity contribution in [2.45, 2.75) is 27.2 Å². The van der Waals surface area contributed by atoms with Gasteiger partial charge in [-0.3, -0.25) is 0 Å². The average molecular weight is 168 g/mol. The highest BCUT2D eigenvalue weighted by Crippen LogP contribution is 2.28. The van der Waals surface area contributed by atoms with Crippen molar-refractivity contribution in [1.82, 2.24) is 0 Å². The van der Waals surface area contributed by atoms with Crippen LogP contribution in [0.25, 0.3) is 0 Å². The number of ether oxygens (including phenoxy) is 1. The lowest BCUT2D eigenvalue weighted by molar-refractivity contribution is -0.0592. The molecule has 0 aromatic carbocycles. The van der Waals surface area contributed by atoms with Gasteiger partial charge in [0.25, 0.3) is 0 Å². The van der Waals surface area contributed by atoms with Gasteiger partial charge in [0.2, 0.25) is 0 Å². The SMILES string of the molecule is CCC=CC(C(C)C)C1COC1. The van der Waals surface area contributed by atoms with Gasteiger partial charge in [-0.15, -0.1) is 0 Å². The Morgan fingerprint density at radius 3 is 2.42 bits per heavy atom. The second kappa shape index (κ2) is 4.66. The highest BCUT2D eigenvalue weighted by Gasteiger charge is 2.28. The average Bonchev–Trinajstić information content (AvgIpc) is 1.93. The first-order valence-electron chi connectivity index (χ1n) is 5.00. The van der Waals surface area contributed by atoms with Gasteiger partial charge in [-0.2, -0.15) is 0 Å². The van der Waals surface area contributed by atoms with E-state index in [-0.39, 0.29) is 0 Å². The zero-order valence-electron chi connectivity index (χ0n) is 8.42. The monoisotopic (exact) mass is 168 g/mol. The van der Waals surface area contributed by atoms with Crippen LogP contribution in [0, 0.1) is 17.8 Å². The van der Waals surface area contributed by atoms with Crippen LogP contribution >= 0.6 is 0 Å². The minimum atomic E-state index is 0.735. The van der Waals surface area contributed by atoms with Crippen molar-refractivity contribution in [2.24, 2.45) is 17.8 Å². The summed E-state index contributed by atoms with van der Waals surface area (Å²) in [5.41, 5.74) is 0. The summed E-state index contributed by atoms with van der Waals surface area (Å²) in [6.07, 6.45) is 5.80. The molecule has 1 fully saturated rings. The minimum Gasteiger partial charge on any atom is -0.381 e. The molecule has 1 aliphatic rings. The normalized spacial score (nSPS) is 21.7.